The van der Waals surface area contributed by atoms with E-state index < -0.39 is 11.5 Å². The zero-order valence-electron chi connectivity index (χ0n) is 11.5. The summed E-state index contributed by atoms with van der Waals surface area (Å²) in [6.45, 7) is 6.56. The lowest BCUT2D eigenvalue weighted by Crippen LogP contribution is -2.50. The van der Waals surface area contributed by atoms with E-state index in [0.717, 1.165) is 0 Å². The fourth-order valence-electron chi connectivity index (χ4n) is 1.80. The van der Waals surface area contributed by atoms with E-state index >= 15 is 0 Å². The molecule has 0 spiro atoms. The van der Waals surface area contributed by atoms with Crippen molar-refractivity contribution in [2.45, 2.75) is 31.2 Å². The molecule has 1 aromatic rings. The molecular formula is C14H20FNO2S. The van der Waals surface area contributed by atoms with E-state index in [1.165, 1.54) is 17.8 Å². The average Bonchev–Trinajstić information content (AvgIpc) is 2.36. The van der Waals surface area contributed by atoms with E-state index in [4.69, 9.17) is 0 Å². The van der Waals surface area contributed by atoms with Gasteiger partial charge in [-0.05, 0) is 32.5 Å². The van der Waals surface area contributed by atoms with Crippen LogP contribution in [0.3, 0.4) is 0 Å². The molecule has 0 atom stereocenters. The lowest BCUT2D eigenvalue weighted by Gasteiger charge is -2.33. The van der Waals surface area contributed by atoms with Gasteiger partial charge in [-0.25, -0.2) is 4.39 Å². The van der Waals surface area contributed by atoms with Gasteiger partial charge in [-0.3, -0.25) is 9.69 Å². The van der Waals surface area contributed by atoms with E-state index in [1.54, 1.807) is 32.0 Å². The summed E-state index contributed by atoms with van der Waals surface area (Å²) in [4.78, 5) is 13.7. The van der Waals surface area contributed by atoms with Crippen molar-refractivity contribution in [3.05, 3.63) is 30.1 Å². The molecule has 0 unspecified atom stereocenters. The number of carboxylic acids is 1. The number of carboxylic acid groups (broad SMARTS) is 1. The number of likely N-dealkylation sites (N-methyl/N-ethyl adjacent to an activating group) is 1. The minimum absolute atomic E-state index is 0.229. The van der Waals surface area contributed by atoms with Gasteiger partial charge in [0.25, 0.3) is 0 Å². The lowest BCUT2D eigenvalue weighted by atomic mass is 10.0. The standard InChI is InChI=1S/C14H20FNO2S/c1-4-16(14(2,3)13(17)18)9-10-19-12-8-6-5-7-11(12)15/h5-8H,4,9-10H2,1-3H3,(H,17,18). The molecular weight excluding hydrogens is 265 g/mol. The van der Waals surface area contributed by atoms with E-state index in [2.05, 4.69) is 0 Å². The fourth-order valence-corrected chi connectivity index (χ4v) is 2.71. The first-order valence-corrected chi connectivity index (χ1v) is 7.24. The number of carbonyl (C=O) groups is 1. The fraction of sp³-hybridized carbons (Fsp3) is 0.500. The van der Waals surface area contributed by atoms with Crippen molar-refractivity contribution in [1.29, 1.82) is 0 Å². The maximum Gasteiger partial charge on any atom is 0.323 e. The predicted octanol–water partition coefficient (Wildman–Crippen LogP) is 3.10. The summed E-state index contributed by atoms with van der Waals surface area (Å²) in [5.41, 5.74) is -0.898. The second-order valence-electron chi connectivity index (χ2n) is 4.72. The number of benzene rings is 1. The van der Waals surface area contributed by atoms with Gasteiger partial charge in [-0.1, -0.05) is 19.1 Å². The van der Waals surface area contributed by atoms with E-state index in [9.17, 15) is 14.3 Å². The Balaban J connectivity index is 2.56. The van der Waals surface area contributed by atoms with Crippen molar-refractivity contribution in [2.24, 2.45) is 0 Å². The Labute approximate surface area is 117 Å². The summed E-state index contributed by atoms with van der Waals surface area (Å²) in [5, 5.41) is 9.19. The van der Waals surface area contributed by atoms with Crippen LogP contribution >= 0.6 is 11.8 Å². The maximum absolute atomic E-state index is 13.4. The third-order valence-electron chi connectivity index (χ3n) is 3.15. The zero-order chi connectivity index (χ0) is 14.5. The molecule has 19 heavy (non-hydrogen) atoms. The minimum atomic E-state index is -0.898. The van der Waals surface area contributed by atoms with Gasteiger partial charge in [0.2, 0.25) is 0 Å². The van der Waals surface area contributed by atoms with E-state index in [1.807, 2.05) is 11.8 Å². The monoisotopic (exact) mass is 285 g/mol. The van der Waals surface area contributed by atoms with Crippen molar-refractivity contribution in [3.8, 4) is 0 Å². The molecule has 0 radical (unpaired) electrons. The molecule has 0 saturated heterocycles. The number of thioether (sulfide) groups is 1. The van der Waals surface area contributed by atoms with Crippen LogP contribution < -0.4 is 0 Å². The van der Waals surface area contributed by atoms with Crippen LogP contribution in [-0.4, -0.2) is 40.4 Å². The van der Waals surface area contributed by atoms with Gasteiger partial charge in [0, 0.05) is 17.2 Å². The molecule has 5 heteroatoms. The van der Waals surface area contributed by atoms with Gasteiger partial charge in [0.1, 0.15) is 11.4 Å². The lowest BCUT2D eigenvalue weighted by molar-refractivity contribution is -0.149. The van der Waals surface area contributed by atoms with E-state index in [0.29, 0.717) is 23.7 Å². The summed E-state index contributed by atoms with van der Waals surface area (Å²) in [7, 11) is 0. The largest absolute Gasteiger partial charge is 0.480 e. The second kappa shape index (κ2) is 6.91. The quantitative estimate of drug-likeness (QED) is 0.782. The Morgan fingerprint density at radius 3 is 2.58 bits per heavy atom. The normalized spacial score (nSPS) is 11.8. The Bertz CT molecular complexity index is 437. The van der Waals surface area contributed by atoms with Gasteiger partial charge in [-0.2, -0.15) is 0 Å². The highest BCUT2D eigenvalue weighted by atomic mass is 32.2. The van der Waals surface area contributed by atoms with Gasteiger partial charge in [0.05, 0.1) is 0 Å². The van der Waals surface area contributed by atoms with Gasteiger partial charge in [0.15, 0.2) is 0 Å². The van der Waals surface area contributed by atoms with Crippen LogP contribution in [-0.2, 0) is 4.79 Å². The first kappa shape index (κ1) is 16.0. The highest BCUT2D eigenvalue weighted by Crippen LogP contribution is 2.22. The first-order chi connectivity index (χ1) is 8.89. The predicted molar refractivity (Wildman–Crippen MR) is 76.1 cm³/mol. The number of rotatable bonds is 7. The highest BCUT2D eigenvalue weighted by Gasteiger charge is 2.33. The zero-order valence-corrected chi connectivity index (χ0v) is 12.3. The number of nitrogens with zero attached hydrogens (tertiary/aromatic N) is 1. The molecule has 1 N–H and O–H groups in total. The van der Waals surface area contributed by atoms with Gasteiger partial charge >= 0.3 is 5.97 Å². The summed E-state index contributed by atoms with van der Waals surface area (Å²) < 4.78 is 13.4. The van der Waals surface area contributed by atoms with Crippen LogP contribution in [0.4, 0.5) is 4.39 Å². The summed E-state index contributed by atoms with van der Waals surface area (Å²) in [6, 6.07) is 6.62. The van der Waals surface area contributed by atoms with Gasteiger partial charge < -0.3 is 5.11 Å². The van der Waals surface area contributed by atoms with Crippen LogP contribution in [0.2, 0.25) is 0 Å². The molecule has 0 aliphatic heterocycles. The Kier molecular flexibility index (Phi) is 5.82. The van der Waals surface area contributed by atoms with Crippen LogP contribution in [0.15, 0.2) is 29.2 Å². The van der Waals surface area contributed by atoms with Crippen molar-refractivity contribution in [3.63, 3.8) is 0 Å². The van der Waals surface area contributed by atoms with Crippen molar-refractivity contribution in [1.82, 2.24) is 4.90 Å². The number of aliphatic carboxylic acids is 1. The van der Waals surface area contributed by atoms with Crippen molar-refractivity contribution in [2.75, 3.05) is 18.8 Å². The molecule has 1 aromatic carbocycles. The average molecular weight is 285 g/mol. The summed E-state index contributed by atoms with van der Waals surface area (Å²) in [6.07, 6.45) is 0. The molecule has 0 bridgehead atoms. The maximum atomic E-state index is 13.4. The first-order valence-electron chi connectivity index (χ1n) is 6.25. The summed E-state index contributed by atoms with van der Waals surface area (Å²) in [5.74, 6) is -0.413. The van der Waals surface area contributed by atoms with Crippen LogP contribution in [0, 0.1) is 5.82 Å². The topological polar surface area (TPSA) is 40.5 Å². The SMILES string of the molecule is CCN(CCSc1ccccc1F)C(C)(C)C(=O)O. The number of hydrogen-bond acceptors (Lipinski definition) is 3. The molecule has 0 saturated carbocycles. The molecule has 0 amide bonds. The van der Waals surface area contributed by atoms with Crippen LogP contribution in [0.25, 0.3) is 0 Å². The second-order valence-corrected chi connectivity index (χ2v) is 5.86. The molecule has 0 aliphatic carbocycles. The number of hydrogen-bond donors (Lipinski definition) is 1. The molecule has 0 aromatic heterocycles. The summed E-state index contributed by atoms with van der Waals surface area (Å²) >= 11 is 1.41. The Morgan fingerprint density at radius 2 is 2.05 bits per heavy atom. The van der Waals surface area contributed by atoms with Crippen LogP contribution in [0.5, 0.6) is 0 Å². The molecule has 0 fully saturated rings. The third-order valence-corrected chi connectivity index (χ3v) is 4.18. The van der Waals surface area contributed by atoms with Crippen molar-refractivity contribution < 1.29 is 14.3 Å². The van der Waals surface area contributed by atoms with Crippen molar-refractivity contribution >= 4 is 17.7 Å². The Morgan fingerprint density at radius 1 is 1.42 bits per heavy atom. The van der Waals surface area contributed by atoms with E-state index in [-0.39, 0.29) is 5.82 Å². The minimum Gasteiger partial charge on any atom is -0.480 e. The number of halogens is 1. The molecule has 0 aliphatic rings. The molecule has 1 rings (SSSR count). The molecule has 106 valence electrons. The smallest absolute Gasteiger partial charge is 0.323 e. The molecule has 0 heterocycles. The molecule has 3 nitrogen and oxygen atoms in total. The Hall–Kier alpha value is -1.07. The van der Waals surface area contributed by atoms with Gasteiger partial charge in [-0.15, -0.1) is 11.8 Å². The third kappa shape index (κ3) is 4.21. The highest BCUT2D eigenvalue weighted by molar-refractivity contribution is 7.99. The van der Waals surface area contributed by atoms with Crippen LogP contribution in [0.1, 0.15) is 20.8 Å².